The molecule has 2 rings (SSSR count). The Morgan fingerprint density at radius 1 is 1.28 bits per heavy atom. The minimum atomic E-state index is -3.19. The Hall–Kier alpha value is -1.40. The number of nitrogens with zero attached hydrogens (tertiary/aromatic N) is 1. The second-order valence-corrected chi connectivity index (χ2v) is 6.40. The van der Waals surface area contributed by atoms with E-state index in [9.17, 15) is 13.2 Å². The smallest absolute Gasteiger partial charge is 0.244 e. The standard InChI is InChI=1S/C12H16N2O3S/c1-13-11-7-8-14(12(11)15)9-3-5-10(6-4-9)18(2,16)17/h3-6,11,13H,7-8H2,1-2H3. The van der Waals surface area contributed by atoms with Gasteiger partial charge in [0.1, 0.15) is 0 Å². The van der Waals surface area contributed by atoms with Crippen molar-refractivity contribution in [2.45, 2.75) is 17.4 Å². The molecule has 0 aromatic heterocycles. The highest BCUT2D eigenvalue weighted by Crippen LogP contribution is 2.23. The fourth-order valence-corrected chi connectivity index (χ4v) is 2.71. The maximum atomic E-state index is 12.0. The van der Waals surface area contributed by atoms with Crippen LogP contribution in [0.4, 0.5) is 5.69 Å². The van der Waals surface area contributed by atoms with Crippen LogP contribution in [0.2, 0.25) is 0 Å². The van der Waals surface area contributed by atoms with Crippen LogP contribution in [0, 0.1) is 0 Å². The summed E-state index contributed by atoms with van der Waals surface area (Å²) in [6, 6.07) is 6.27. The predicted octanol–water partition coefficient (Wildman–Crippen LogP) is 0.415. The number of sulfone groups is 1. The van der Waals surface area contributed by atoms with Crippen LogP contribution in [-0.4, -0.2) is 40.2 Å². The van der Waals surface area contributed by atoms with Gasteiger partial charge in [-0.25, -0.2) is 8.42 Å². The molecule has 1 aliphatic rings. The molecule has 1 aliphatic heterocycles. The molecule has 1 amide bonds. The lowest BCUT2D eigenvalue weighted by atomic mass is 10.2. The Kier molecular flexibility index (Phi) is 3.41. The van der Waals surface area contributed by atoms with E-state index in [-0.39, 0.29) is 16.8 Å². The molecule has 0 saturated carbocycles. The molecule has 18 heavy (non-hydrogen) atoms. The van der Waals surface area contributed by atoms with Crippen molar-refractivity contribution in [3.8, 4) is 0 Å². The highest BCUT2D eigenvalue weighted by molar-refractivity contribution is 7.90. The van der Waals surface area contributed by atoms with Gasteiger partial charge in [-0.1, -0.05) is 0 Å². The van der Waals surface area contributed by atoms with Crippen LogP contribution < -0.4 is 10.2 Å². The molecule has 1 aromatic rings. The predicted molar refractivity (Wildman–Crippen MR) is 69.4 cm³/mol. The van der Waals surface area contributed by atoms with Crippen molar-refractivity contribution >= 4 is 21.4 Å². The fraction of sp³-hybridized carbons (Fsp3) is 0.417. The summed E-state index contributed by atoms with van der Waals surface area (Å²) in [7, 11) is -1.43. The summed E-state index contributed by atoms with van der Waals surface area (Å²) < 4.78 is 22.7. The van der Waals surface area contributed by atoms with Crippen LogP contribution >= 0.6 is 0 Å². The number of carbonyl (C=O) groups is 1. The summed E-state index contributed by atoms with van der Waals surface area (Å²) >= 11 is 0. The van der Waals surface area contributed by atoms with Gasteiger partial charge in [0.2, 0.25) is 5.91 Å². The number of amides is 1. The van der Waals surface area contributed by atoms with Gasteiger partial charge in [0.25, 0.3) is 0 Å². The molecule has 0 spiro atoms. The first-order valence-corrected chi connectivity index (χ1v) is 7.61. The van der Waals surface area contributed by atoms with Crippen LogP contribution in [0.3, 0.4) is 0 Å². The van der Waals surface area contributed by atoms with Crippen LogP contribution in [-0.2, 0) is 14.6 Å². The van der Waals surface area contributed by atoms with Gasteiger partial charge >= 0.3 is 0 Å². The third kappa shape index (κ3) is 2.39. The van der Waals surface area contributed by atoms with Crippen molar-refractivity contribution in [2.24, 2.45) is 0 Å². The third-order valence-electron chi connectivity index (χ3n) is 3.13. The number of rotatable bonds is 3. The molecular weight excluding hydrogens is 252 g/mol. The maximum Gasteiger partial charge on any atom is 0.244 e. The van der Waals surface area contributed by atoms with Gasteiger partial charge in [-0.15, -0.1) is 0 Å². The molecular formula is C12H16N2O3S. The van der Waals surface area contributed by atoms with Crippen molar-refractivity contribution in [1.82, 2.24) is 5.32 Å². The SMILES string of the molecule is CNC1CCN(c2ccc(S(C)(=O)=O)cc2)C1=O. The summed E-state index contributed by atoms with van der Waals surface area (Å²) in [5.41, 5.74) is 0.741. The maximum absolute atomic E-state index is 12.0. The van der Waals surface area contributed by atoms with Crippen molar-refractivity contribution in [3.63, 3.8) is 0 Å². The van der Waals surface area contributed by atoms with Gasteiger partial charge in [0.05, 0.1) is 10.9 Å². The number of nitrogens with one attached hydrogen (secondary N) is 1. The quantitative estimate of drug-likeness (QED) is 0.862. The van der Waals surface area contributed by atoms with E-state index in [1.54, 1.807) is 24.1 Å². The molecule has 6 heteroatoms. The van der Waals surface area contributed by atoms with E-state index in [1.807, 2.05) is 0 Å². The van der Waals surface area contributed by atoms with E-state index in [0.29, 0.717) is 6.54 Å². The Morgan fingerprint density at radius 2 is 1.89 bits per heavy atom. The first-order valence-electron chi connectivity index (χ1n) is 5.72. The van der Waals surface area contributed by atoms with Crippen LogP contribution in [0.1, 0.15) is 6.42 Å². The molecule has 1 aromatic carbocycles. The zero-order valence-electron chi connectivity index (χ0n) is 10.4. The largest absolute Gasteiger partial charge is 0.311 e. The minimum Gasteiger partial charge on any atom is -0.311 e. The summed E-state index contributed by atoms with van der Waals surface area (Å²) in [4.78, 5) is 13.9. The van der Waals surface area contributed by atoms with Crippen LogP contribution in [0.5, 0.6) is 0 Å². The van der Waals surface area contributed by atoms with Crippen molar-refractivity contribution < 1.29 is 13.2 Å². The molecule has 1 heterocycles. The molecule has 0 bridgehead atoms. The Balaban J connectivity index is 2.24. The Labute approximate surface area is 107 Å². The first kappa shape index (κ1) is 13.0. The van der Waals surface area contributed by atoms with Gasteiger partial charge in [0.15, 0.2) is 9.84 Å². The van der Waals surface area contributed by atoms with Crippen molar-refractivity contribution in [2.75, 3.05) is 24.7 Å². The van der Waals surface area contributed by atoms with Crippen LogP contribution in [0.15, 0.2) is 29.2 Å². The molecule has 5 nitrogen and oxygen atoms in total. The van der Waals surface area contributed by atoms with Gasteiger partial charge < -0.3 is 10.2 Å². The highest BCUT2D eigenvalue weighted by atomic mass is 32.2. The Bertz CT molecular complexity index is 551. The summed E-state index contributed by atoms with van der Waals surface area (Å²) in [5.74, 6) is 0.0320. The van der Waals surface area contributed by atoms with E-state index < -0.39 is 9.84 Å². The summed E-state index contributed by atoms with van der Waals surface area (Å²) in [5, 5.41) is 2.96. The lowest BCUT2D eigenvalue weighted by Gasteiger charge is -2.16. The lowest BCUT2D eigenvalue weighted by molar-refractivity contribution is -0.118. The van der Waals surface area contributed by atoms with Crippen molar-refractivity contribution in [1.29, 1.82) is 0 Å². The minimum absolute atomic E-state index is 0.0320. The number of hydrogen-bond acceptors (Lipinski definition) is 4. The zero-order chi connectivity index (χ0) is 13.3. The van der Waals surface area contributed by atoms with Crippen LogP contribution in [0.25, 0.3) is 0 Å². The molecule has 0 aliphatic carbocycles. The van der Waals surface area contributed by atoms with Gasteiger partial charge in [-0.3, -0.25) is 4.79 Å². The number of hydrogen-bond donors (Lipinski definition) is 1. The number of benzene rings is 1. The second-order valence-electron chi connectivity index (χ2n) is 4.39. The Morgan fingerprint density at radius 3 is 2.33 bits per heavy atom. The van der Waals surface area contributed by atoms with E-state index in [2.05, 4.69) is 5.32 Å². The van der Waals surface area contributed by atoms with Crippen molar-refractivity contribution in [3.05, 3.63) is 24.3 Å². The second kappa shape index (κ2) is 4.70. The molecule has 1 saturated heterocycles. The summed E-state index contributed by atoms with van der Waals surface area (Å²) in [6.45, 7) is 0.655. The third-order valence-corrected chi connectivity index (χ3v) is 4.26. The van der Waals surface area contributed by atoms with Gasteiger partial charge in [-0.2, -0.15) is 0 Å². The van der Waals surface area contributed by atoms with Gasteiger partial charge in [-0.05, 0) is 37.7 Å². The molecule has 98 valence electrons. The van der Waals surface area contributed by atoms with E-state index in [0.717, 1.165) is 12.1 Å². The zero-order valence-corrected chi connectivity index (χ0v) is 11.2. The number of anilines is 1. The topological polar surface area (TPSA) is 66.5 Å². The average Bonchev–Trinajstić information content (AvgIpc) is 2.69. The summed E-state index contributed by atoms with van der Waals surface area (Å²) in [6.07, 6.45) is 1.93. The normalized spacial score (nSPS) is 20.4. The molecule has 1 fully saturated rings. The van der Waals surface area contributed by atoms with E-state index in [1.165, 1.54) is 18.4 Å². The fourth-order valence-electron chi connectivity index (χ4n) is 2.08. The van der Waals surface area contributed by atoms with E-state index >= 15 is 0 Å². The molecule has 0 radical (unpaired) electrons. The number of carbonyl (C=O) groups excluding carboxylic acids is 1. The molecule has 1 N–H and O–H groups in total. The monoisotopic (exact) mass is 268 g/mol. The van der Waals surface area contributed by atoms with E-state index in [4.69, 9.17) is 0 Å². The molecule has 1 unspecified atom stereocenters. The van der Waals surface area contributed by atoms with Gasteiger partial charge in [0, 0.05) is 18.5 Å². The first-order chi connectivity index (χ1) is 8.43. The average molecular weight is 268 g/mol. The molecule has 1 atom stereocenters. The number of likely N-dealkylation sites (N-methyl/N-ethyl adjacent to an activating group) is 1. The highest BCUT2D eigenvalue weighted by Gasteiger charge is 2.31. The lowest BCUT2D eigenvalue weighted by Crippen LogP contribution is -2.36.